The average molecular weight is 367 g/mol. The summed E-state index contributed by atoms with van der Waals surface area (Å²) in [4.78, 5) is 37.2. The summed E-state index contributed by atoms with van der Waals surface area (Å²) in [5, 5.41) is 9.51. The normalized spacial score (nSPS) is 15.7. The molecule has 0 bridgehead atoms. The molecule has 1 aliphatic heterocycles. The lowest BCUT2D eigenvalue weighted by Gasteiger charge is -2.34. The zero-order chi connectivity index (χ0) is 19.4. The largest absolute Gasteiger partial charge is 0.484 e. The fraction of sp³-hybridized carbons (Fsp3) is 0.286. The van der Waals surface area contributed by atoms with Crippen LogP contribution in [-0.2, 0) is 22.6 Å². The predicted octanol–water partition coefficient (Wildman–Crippen LogP) is 2.70. The topological polar surface area (TPSA) is 83.9 Å². The number of carbonyl (C=O) groups is 3. The van der Waals surface area contributed by atoms with Gasteiger partial charge in [0.05, 0.1) is 0 Å². The molecule has 0 aliphatic carbocycles. The summed E-state index contributed by atoms with van der Waals surface area (Å²) in [5.74, 6) is -0.917. The maximum Gasteiger partial charge on any atom is 0.326 e. The number of ketones is 1. The molecule has 1 amide bonds. The lowest BCUT2D eigenvalue weighted by atomic mass is 9.94. The van der Waals surface area contributed by atoms with Crippen LogP contribution in [0.1, 0.15) is 34.8 Å². The van der Waals surface area contributed by atoms with E-state index >= 15 is 0 Å². The first-order valence-electron chi connectivity index (χ1n) is 8.84. The molecule has 1 N–H and O–H groups in total. The van der Waals surface area contributed by atoms with Crippen LogP contribution in [0.3, 0.4) is 0 Å². The van der Waals surface area contributed by atoms with Gasteiger partial charge in [-0.3, -0.25) is 9.59 Å². The second-order valence-electron chi connectivity index (χ2n) is 6.44. The van der Waals surface area contributed by atoms with E-state index in [1.165, 1.54) is 4.90 Å². The highest BCUT2D eigenvalue weighted by Gasteiger charge is 2.34. The minimum atomic E-state index is -1.03. The Bertz CT molecular complexity index is 859. The molecule has 1 heterocycles. The zero-order valence-electron chi connectivity index (χ0n) is 15.1. The van der Waals surface area contributed by atoms with Gasteiger partial charge in [0, 0.05) is 24.9 Å². The van der Waals surface area contributed by atoms with Gasteiger partial charge in [0.25, 0.3) is 5.91 Å². The molecule has 3 rings (SSSR count). The van der Waals surface area contributed by atoms with Gasteiger partial charge in [0.1, 0.15) is 11.8 Å². The van der Waals surface area contributed by atoms with Crippen molar-refractivity contribution in [1.29, 1.82) is 0 Å². The fourth-order valence-electron chi connectivity index (χ4n) is 3.17. The summed E-state index contributed by atoms with van der Waals surface area (Å²) in [6.07, 6.45) is 0.705. The van der Waals surface area contributed by atoms with Gasteiger partial charge in [0.2, 0.25) is 0 Å². The number of rotatable bonds is 6. The van der Waals surface area contributed by atoms with Gasteiger partial charge >= 0.3 is 5.97 Å². The number of hydrogen-bond acceptors (Lipinski definition) is 4. The number of fused-ring (bicyclic) bond motifs is 1. The summed E-state index contributed by atoms with van der Waals surface area (Å²) >= 11 is 0. The lowest BCUT2D eigenvalue weighted by molar-refractivity contribution is -0.152. The first-order valence-corrected chi connectivity index (χ1v) is 8.84. The second-order valence-corrected chi connectivity index (χ2v) is 6.44. The van der Waals surface area contributed by atoms with E-state index in [9.17, 15) is 19.5 Å². The Morgan fingerprint density at radius 2 is 1.74 bits per heavy atom. The summed E-state index contributed by atoms with van der Waals surface area (Å²) in [6, 6.07) is 13.2. The van der Waals surface area contributed by atoms with E-state index in [0.29, 0.717) is 17.7 Å². The van der Waals surface area contributed by atoms with Crippen molar-refractivity contribution in [2.24, 2.45) is 0 Å². The maximum absolute atomic E-state index is 12.6. The van der Waals surface area contributed by atoms with Crippen LogP contribution in [0, 0.1) is 0 Å². The van der Waals surface area contributed by atoms with Gasteiger partial charge in [-0.25, -0.2) is 4.79 Å². The number of amides is 1. The highest BCUT2D eigenvalue weighted by molar-refractivity contribution is 5.95. The Hall–Kier alpha value is -3.15. The molecular weight excluding hydrogens is 346 g/mol. The smallest absolute Gasteiger partial charge is 0.326 e. The zero-order valence-corrected chi connectivity index (χ0v) is 15.1. The van der Waals surface area contributed by atoms with Crippen LogP contribution in [0.4, 0.5) is 0 Å². The highest BCUT2D eigenvalue weighted by Crippen LogP contribution is 2.24. The number of carbonyl (C=O) groups excluding carboxylic acids is 2. The van der Waals surface area contributed by atoms with E-state index in [2.05, 4.69) is 0 Å². The van der Waals surface area contributed by atoms with Crippen molar-refractivity contribution in [3.8, 4) is 5.75 Å². The van der Waals surface area contributed by atoms with Gasteiger partial charge < -0.3 is 14.7 Å². The first kappa shape index (κ1) is 18.6. The predicted molar refractivity (Wildman–Crippen MR) is 98.7 cm³/mol. The summed E-state index contributed by atoms with van der Waals surface area (Å²) in [6.45, 7) is 1.79. The molecule has 6 heteroatoms. The van der Waals surface area contributed by atoms with E-state index in [4.69, 9.17) is 4.74 Å². The van der Waals surface area contributed by atoms with Crippen LogP contribution in [0.25, 0.3) is 0 Å². The third-order valence-corrected chi connectivity index (χ3v) is 4.71. The number of Topliss-reactive ketones (excluding diaryl/α,β-unsaturated/α-hetero) is 1. The second kappa shape index (κ2) is 8.03. The maximum atomic E-state index is 12.6. The summed E-state index contributed by atoms with van der Waals surface area (Å²) in [7, 11) is 0. The Labute approximate surface area is 157 Å². The van der Waals surface area contributed by atoms with E-state index in [1.54, 1.807) is 31.2 Å². The van der Waals surface area contributed by atoms with E-state index in [1.807, 2.05) is 24.3 Å². The summed E-state index contributed by atoms with van der Waals surface area (Å²) < 4.78 is 5.51. The van der Waals surface area contributed by atoms with Crippen molar-refractivity contribution in [2.45, 2.75) is 32.4 Å². The van der Waals surface area contributed by atoms with Crippen LogP contribution in [-0.4, -0.2) is 40.3 Å². The SMILES string of the molecule is CCC(=O)c1ccc(OCC(=O)N2Cc3ccccc3C[C@@H]2C(=O)O)cc1. The summed E-state index contributed by atoms with van der Waals surface area (Å²) in [5.41, 5.74) is 2.49. The molecule has 0 aromatic heterocycles. The molecule has 0 radical (unpaired) electrons. The monoisotopic (exact) mass is 367 g/mol. The number of hydrogen-bond donors (Lipinski definition) is 1. The van der Waals surface area contributed by atoms with Crippen LogP contribution >= 0.6 is 0 Å². The molecule has 2 aromatic rings. The Kier molecular flexibility index (Phi) is 5.54. The highest BCUT2D eigenvalue weighted by atomic mass is 16.5. The van der Waals surface area contributed by atoms with Crippen molar-refractivity contribution in [3.05, 3.63) is 65.2 Å². The van der Waals surface area contributed by atoms with E-state index in [-0.39, 0.29) is 31.3 Å². The molecule has 0 spiro atoms. The molecule has 0 saturated heterocycles. The van der Waals surface area contributed by atoms with Crippen molar-refractivity contribution < 1.29 is 24.2 Å². The van der Waals surface area contributed by atoms with Gasteiger partial charge in [0.15, 0.2) is 12.4 Å². The van der Waals surface area contributed by atoms with Gasteiger partial charge in [-0.1, -0.05) is 31.2 Å². The lowest BCUT2D eigenvalue weighted by Crippen LogP contribution is -2.50. The Balaban J connectivity index is 1.67. The quantitative estimate of drug-likeness (QED) is 0.794. The molecule has 6 nitrogen and oxygen atoms in total. The van der Waals surface area contributed by atoms with Crippen molar-refractivity contribution in [2.75, 3.05) is 6.61 Å². The van der Waals surface area contributed by atoms with Crippen LogP contribution in [0.2, 0.25) is 0 Å². The average Bonchev–Trinajstić information content (AvgIpc) is 2.70. The molecule has 1 aliphatic rings. The number of carboxylic acids is 1. The number of ether oxygens (including phenoxy) is 1. The molecule has 0 fully saturated rings. The number of aliphatic carboxylic acids is 1. The Morgan fingerprint density at radius 3 is 2.37 bits per heavy atom. The number of benzene rings is 2. The third-order valence-electron chi connectivity index (χ3n) is 4.71. The third kappa shape index (κ3) is 4.16. The molecule has 1 atom stereocenters. The minimum absolute atomic E-state index is 0.0360. The standard InChI is InChI=1S/C21H21NO5/c1-2-19(23)14-7-9-17(10-8-14)27-13-20(24)22-12-16-6-4-3-5-15(16)11-18(22)21(25)26/h3-10,18H,2,11-13H2,1H3,(H,25,26)/t18-/m1/s1. The molecule has 27 heavy (non-hydrogen) atoms. The molecular formula is C21H21NO5. The van der Waals surface area contributed by atoms with Gasteiger partial charge in [-0.15, -0.1) is 0 Å². The van der Waals surface area contributed by atoms with E-state index < -0.39 is 12.0 Å². The number of nitrogens with zero attached hydrogens (tertiary/aromatic N) is 1. The Morgan fingerprint density at radius 1 is 1.07 bits per heavy atom. The van der Waals surface area contributed by atoms with Crippen LogP contribution < -0.4 is 4.74 Å². The molecule has 0 saturated carbocycles. The molecule has 2 aromatic carbocycles. The van der Waals surface area contributed by atoms with Crippen LogP contribution in [0.15, 0.2) is 48.5 Å². The molecule has 0 unspecified atom stereocenters. The number of carboxylic acid groups (broad SMARTS) is 1. The van der Waals surface area contributed by atoms with Crippen molar-refractivity contribution in [1.82, 2.24) is 4.90 Å². The minimum Gasteiger partial charge on any atom is -0.484 e. The van der Waals surface area contributed by atoms with Crippen molar-refractivity contribution >= 4 is 17.7 Å². The fourth-order valence-corrected chi connectivity index (χ4v) is 3.17. The van der Waals surface area contributed by atoms with Crippen molar-refractivity contribution in [3.63, 3.8) is 0 Å². The van der Waals surface area contributed by atoms with Gasteiger partial charge in [-0.2, -0.15) is 0 Å². The van der Waals surface area contributed by atoms with Gasteiger partial charge in [-0.05, 0) is 35.4 Å². The van der Waals surface area contributed by atoms with Crippen LogP contribution in [0.5, 0.6) is 5.75 Å². The first-order chi connectivity index (χ1) is 13.0. The van der Waals surface area contributed by atoms with E-state index in [0.717, 1.165) is 11.1 Å². The molecule has 140 valence electrons.